The molecule has 0 radical (unpaired) electrons. The van der Waals surface area contributed by atoms with Crippen molar-refractivity contribution in [3.05, 3.63) is 0 Å². The highest BCUT2D eigenvalue weighted by atomic mass is 16.5. The molecule has 0 spiro atoms. The molecule has 4 heteroatoms. The lowest BCUT2D eigenvalue weighted by atomic mass is 10.1. The Balaban J connectivity index is 1.54. The van der Waals surface area contributed by atoms with Crippen LogP contribution in [0.2, 0.25) is 0 Å². The lowest BCUT2D eigenvalue weighted by molar-refractivity contribution is -0.121. The number of carbonyl (C=O) groups excluding carboxylic acids is 1. The quantitative estimate of drug-likeness (QED) is 0.758. The molecule has 17 heavy (non-hydrogen) atoms. The Morgan fingerprint density at radius 3 is 2.88 bits per heavy atom. The first-order valence-corrected chi connectivity index (χ1v) is 6.88. The van der Waals surface area contributed by atoms with Gasteiger partial charge in [0, 0.05) is 25.6 Å². The van der Waals surface area contributed by atoms with Gasteiger partial charge < -0.3 is 15.8 Å². The first-order chi connectivity index (χ1) is 8.24. The Kier molecular flexibility index (Phi) is 4.80. The lowest BCUT2D eigenvalue weighted by Gasteiger charge is -2.12. The van der Waals surface area contributed by atoms with Gasteiger partial charge in [0.05, 0.1) is 6.10 Å². The Hall–Kier alpha value is -0.610. The van der Waals surface area contributed by atoms with Gasteiger partial charge in [0.15, 0.2) is 0 Å². The normalized spacial score (nSPS) is 32.9. The van der Waals surface area contributed by atoms with Gasteiger partial charge in [0.1, 0.15) is 0 Å². The summed E-state index contributed by atoms with van der Waals surface area (Å²) in [5, 5.41) is 3.02. The van der Waals surface area contributed by atoms with Crippen molar-refractivity contribution < 1.29 is 9.53 Å². The molecule has 4 nitrogen and oxygen atoms in total. The van der Waals surface area contributed by atoms with E-state index in [2.05, 4.69) is 5.32 Å². The molecule has 1 amide bonds. The highest BCUT2D eigenvalue weighted by molar-refractivity contribution is 5.75. The Labute approximate surface area is 103 Å². The summed E-state index contributed by atoms with van der Waals surface area (Å²) in [7, 11) is 0. The molecule has 2 aliphatic rings. The summed E-state index contributed by atoms with van der Waals surface area (Å²) in [6.45, 7) is 1.67. The molecule has 0 aromatic rings. The van der Waals surface area contributed by atoms with Crippen LogP contribution in [0.25, 0.3) is 0 Å². The second kappa shape index (κ2) is 6.36. The average Bonchev–Trinajstić information content (AvgIpc) is 2.95. The highest BCUT2D eigenvalue weighted by Gasteiger charge is 2.22. The molecule has 2 fully saturated rings. The highest BCUT2D eigenvalue weighted by Crippen LogP contribution is 2.23. The molecule has 1 aliphatic heterocycles. The van der Waals surface area contributed by atoms with Crippen LogP contribution in [0.5, 0.6) is 0 Å². The second-order valence-electron chi connectivity index (χ2n) is 5.42. The van der Waals surface area contributed by atoms with Crippen molar-refractivity contribution in [2.24, 2.45) is 11.7 Å². The third-order valence-corrected chi connectivity index (χ3v) is 3.89. The maximum Gasteiger partial charge on any atom is 0.220 e. The molecule has 0 aromatic heterocycles. The van der Waals surface area contributed by atoms with E-state index in [-0.39, 0.29) is 5.91 Å². The van der Waals surface area contributed by atoms with E-state index >= 15 is 0 Å². The van der Waals surface area contributed by atoms with Crippen LogP contribution in [-0.2, 0) is 9.53 Å². The zero-order valence-corrected chi connectivity index (χ0v) is 10.5. The summed E-state index contributed by atoms with van der Waals surface area (Å²) in [6.07, 6.45) is 7.38. The van der Waals surface area contributed by atoms with Crippen LogP contribution in [0, 0.1) is 5.92 Å². The van der Waals surface area contributed by atoms with Gasteiger partial charge in [-0.05, 0) is 44.4 Å². The van der Waals surface area contributed by atoms with Gasteiger partial charge in [-0.2, -0.15) is 0 Å². The van der Waals surface area contributed by atoms with Gasteiger partial charge >= 0.3 is 0 Å². The van der Waals surface area contributed by atoms with Crippen LogP contribution < -0.4 is 11.1 Å². The lowest BCUT2D eigenvalue weighted by Crippen LogP contribution is -2.29. The second-order valence-corrected chi connectivity index (χ2v) is 5.42. The van der Waals surface area contributed by atoms with Crippen molar-refractivity contribution >= 4 is 5.91 Å². The number of nitrogens with one attached hydrogen (secondary N) is 1. The van der Waals surface area contributed by atoms with Crippen LogP contribution in [0.4, 0.5) is 0 Å². The van der Waals surface area contributed by atoms with Crippen molar-refractivity contribution in [2.45, 2.75) is 57.1 Å². The van der Waals surface area contributed by atoms with Crippen LogP contribution in [0.1, 0.15) is 44.9 Å². The van der Waals surface area contributed by atoms with Crippen molar-refractivity contribution in [1.29, 1.82) is 0 Å². The van der Waals surface area contributed by atoms with Crippen LogP contribution in [0.15, 0.2) is 0 Å². The van der Waals surface area contributed by atoms with Gasteiger partial charge in [-0.1, -0.05) is 0 Å². The molecular weight excluding hydrogens is 216 g/mol. The van der Waals surface area contributed by atoms with Crippen molar-refractivity contribution in [1.82, 2.24) is 5.32 Å². The van der Waals surface area contributed by atoms with E-state index < -0.39 is 0 Å². The van der Waals surface area contributed by atoms with Crippen molar-refractivity contribution in [2.75, 3.05) is 13.2 Å². The number of hydrogen-bond donors (Lipinski definition) is 2. The first-order valence-electron chi connectivity index (χ1n) is 6.88. The van der Waals surface area contributed by atoms with Crippen molar-refractivity contribution in [3.63, 3.8) is 0 Å². The molecule has 1 heterocycles. The molecule has 1 saturated carbocycles. The number of carbonyl (C=O) groups is 1. The molecular formula is C13H24N2O2. The van der Waals surface area contributed by atoms with Crippen LogP contribution in [0.3, 0.4) is 0 Å². The third-order valence-electron chi connectivity index (χ3n) is 3.89. The summed E-state index contributed by atoms with van der Waals surface area (Å²) >= 11 is 0. The fourth-order valence-electron chi connectivity index (χ4n) is 2.81. The molecule has 3 N–H and O–H groups in total. The summed E-state index contributed by atoms with van der Waals surface area (Å²) < 4.78 is 5.50. The topological polar surface area (TPSA) is 64.3 Å². The van der Waals surface area contributed by atoms with Gasteiger partial charge in [0.2, 0.25) is 5.91 Å². The molecule has 3 atom stereocenters. The van der Waals surface area contributed by atoms with E-state index in [1.54, 1.807) is 0 Å². The van der Waals surface area contributed by atoms with E-state index in [1.807, 2.05) is 0 Å². The minimum Gasteiger partial charge on any atom is -0.378 e. The van der Waals surface area contributed by atoms with E-state index in [1.165, 1.54) is 0 Å². The summed E-state index contributed by atoms with van der Waals surface area (Å²) in [6, 6.07) is 0.351. The number of nitrogens with two attached hydrogens (primary N) is 1. The largest absolute Gasteiger partial charge is 0.378 e. The van der Waals surface area contributed by atoms with E-state index in [0.29, 0.717) is 24.5 Å². The average molecular weight is 240 g/mol. The van der Waals surface area contributed by atoms with Gasteiger partial charge in [0.25, 0.3) is 0 Å². The van der Waals surface area contributed by atoms with Gasteiger partial charge in [-0.25, -0.2) is 0 Å². The van der Waals surface area contributed by atoms with Gasteiger partial charge in [-0.15, -0.1) is 0 Å². The number of hydrogen-bond acceptors (Lipinski definition) is 3. The smallest absolute Gasteiger partial charge is 0.220 e. The SMILES string of the molecule is NC1CCC(CNC(=O)CCC2CCCO2)C1. The fourth-order valence-corrected chi connectivity index (χ4v) is 2.81. The predicted octanol–water partition coefficient (Wildman–Crippen LogP) is 1.19. The maximum atomic E-state index is 11.6. The molecule has 2 rings (SSSR count). The Bertz CT molecular complexity index is 252. The molecule has 1 aliphatic carbocycles. The molecule has 98 valence electrons. The fraction of sp³-hybridized carbons (Fsp3) is 0.923. The molecule has 1 saturated heterocycles. The number of rotatable bonds is 5. The monoisotopic (exact) mass is 240 g/mol. The first kappa shape index (κ1) is 12.8. The maximum absolute atomic E-state index is 11.6. The van der Waals surface area contributed by atoms with E-state index in [0.717, 1.165) is 51.7 Å². The van der Waals surface area contributed by atoms with Crippen molar-refractivity contribution in [3.8, 4) is 0 Å². The standard InChI is InChI=1S/C13H24N2O2/c14-11-4-3-10(8-11)9-15-13(16)6-5-12-2-1-7-17-12/h10-12H,1-9,14H2,(H,15,16). The third kappa shape index (κ3) is 4.28. The predicted molar refractivity (Wildman–Crippen MR) is 66.5 cm³/mol. The zero-order valence-electron chi connectivity index (χ0n) is 10.5. The van der Waals surface area contributed by atoms with E-state index in [9.17, 15) is 4.79 Å². The zero-order chi connectivity index (χ0) is 12.1. The van der Waals surface area contributed by atoms with Crippen LogP contribution >= 0.6 is 0 Å². The van der Waals surface area contributed by atoms with E-state index in [4.69, 9.17) is 10.5 Å². The summed E-state index contributed by atoms with van der Waals surface area (Å²) in [5.74, 6) is 0.762. The summed E-state index contributed by atoms with van der Waals surface area (Å²) in [4.78, 5) is 11.6. The molecule has 0 bridgehead atoms. The van der Waals surface area contributed by atoms with Gasteiger partial charge in [-0.3, -0.25) is 4.79 Å². The Morgan fingerprint density at radius 1 is 1.35 bits per heavy atom. The minimum atomic E-state index is 0.168. The molecule has 3 unspecified atom stereocenters. The molecule has 0 aromatic carbocycles. The number of amides is 1. The Morgan fingerprint density at radius 2 is 2.24 bits per heavy atom. The minimum absolute atomic E-state index is 0.168. The van der Waals surface area contributed by atoms with Crippen LogP contribution in [-0.4, -0.2) is 31.2 Å². The summed E-state index contributed by atoms with van der Waals surface area (Å²) in [5.41, 5.74) is 5.84. The number of ether oxygens (including phenoxy) is 1.